The zero-order valence-electron chi connectivity index (χ0n) is 9.21. The molecule has 0 aromatic rings. The van der Waals surface area contributed by atoms with E-state index in [-0.39, 0.29) is 0 Å². The summed E-state index contributed by atoms with van der Waals surface area (Å²) < 4.78 is 11.4. The van der Waals surface area contributed by atoms with Crippen LogP contribution in [0.4, 0.5) is 0 Å². The second kappa shape index (κ2) is 7.88. The van der Waals surface area contributed by atoms with Gasteiger partial charge in [-0.1, -0.05) is 6.92 Å². The molecular weight excluding hydrogens is 198 g/mol. The molecule has 0 rings (SSSR count). The molecule has 0 unspecified atom stereocenters. The summed E-state index contributed by atoms with van der Waals surface area (Å²) in [5.41, 5.74) is 0. The van der Waals surface area contributed by atoms with E-state index in [1.54, 1.807) is 0 Å². The molecular formula is C9H19NO3Si. The van der Waals surface area contributed by atoms with Gasteiger partial charge in [-0.25, -0.2) is 9.79 Å². The third-order valence-electron chi connectivity index (χ3n) is 2.02. The van der Waals surface area contributed by atoms with Crippen LogP contribution in [0.3, 0.4) is 0 Å². The van der Waals surface area contributed by atoms with Crippen LogP contribution in [0.2, 0.25) is 12.1 Å². The highest BCUT2D eigenvalue weighted by atomic mass is 28.4. The van der Waals surface area contributed by atoms with Gasteiger partial charge in [-0.15, -0.1) is 0 Å². The van der Waals surface area contributed by atoms with Crippen molar-refractivity contribution in [3.8, 4) is 0 Å². The van der Waals surface area contributed by atoms with Crippen molar-refractivity contribution in [2.75, 3.05) is 19.8 Å². The Kier molecular flexibility index (Phi) is 7.61. The van der Waals surface area contributed by atoms with Gasteiger partial charge in [-0.2, -0.15) is 0 Å². The molecule has 0 bridgehead atoms. The quantitative estimate of drug-likeness (QED) is 0.354. The van der Waals surface area contributed by atoms with Gasteiger partial charge in [-0.3, -0.25) is 0 Å². The number of isocyanates is 1. The van der Waals surface area contributed by atoms with Crippen molar-refractivity contribution in [1.29, 1.82) is 0 Å². The molecule has 0 aromatic carbocycles. The van der Waals surface area contributed by atoms with Gasteiger partial charge in [0.1, 0.15) is 0 Å². The second-order valence-electron chi connectivity index (χ2n) is 2.85. The minimum Gasteiger partial charge on any atom is -0.394 e. The summed E-state index contributed by atoms with van der Waals surface area (Å²) in [7, 11) is -2.08. The maximum atomic E-state index is 9.94. The number of nitrogens with zero attached hydrogens (tertiary/aromatic N) is 1. The fourth-order valence-corrected chi connectivity index (χ4v) is 4.00. The maximum absolute atomic E-state index is 9.94. The van der Waals surface area contributed by atoms with E-state index in [1.165, 1.54) is 6.08 Å². The lowest BCUT2D eigenvalue weighted by Gasteiger charge is -2.28. The lowest BCUT2D eigenvalue weighted by molar-refractivity contribution is 0.184. The third kappa shape index (κ3) is 4.67. The monoisotopic (exact) mass is 217 g/mol. The summed E-state index contributed by atoms with van der Waals surface area (Å²) in [6.45, 7) is 7.75. The molecule has 5 heteroatoms. The minimum atomic E-state index is -2.08. The number of aliphatic imine (C=N–C) groups is 1. The van der Waals surface area contributed by atoms with Crippen molar-refractivity contribution >= 4 is 14.6 Å². The van der Waals surface area contributed by atoms with Crippen LogP contribution in [-0.4, -0.2) is 34.4 Å². The van der Waals surface area contributed by atoms with Crippen LogP contribution in [0, 0.1) is 0 Å². The molecule has 0 N–H and O–H groups in total. The molecule has 82 valence electrons. The average Bonchev–Trinajstić information content (AvgIpc) is 2.19. The van der Waals surface area contributed by atoms with Crippen LogP contribution in [0.5, 0.6) is 0 Å². The summed E-state index contributed by atoms with van der Waals surface area (Å²) in [6, 6.07) is 1.63. The summed E-state index contributed by atoms with van der Waals surface area (Å²) in [5.74, 6) is 0. The first-order valence-corrected chi connectivity index (χ1v) is 7.29. The molecule has 0 aliphatic heterocycles. The van der Waals surface area contributed by atoms with Crippen molar-refractivity contribution in [3.05, 3.63) is 0 Å². The van der Waals surface area contributed by atoms with Gasteiger partial charge in [-0.05, 0) is 19.9 Å². The first kappa shape index (κ1) is 13.5. The molecule has 0 saturated carbocycles. The standard InChI is InChI=1S/C9H19NO3Si/c1-4-12-14(6-3,13-5-2)8-7-10-9-11/h4-8H2,1-3H3. The van der Waals surface area contributed by atoms with E-state index in [9.17, 15) is 4.79 Å². The lowest BCUT2D eigenvalue weighted by atomic mass is 10.8. The molecule has 0 fully saturated rings. The predicted octanol–water partition coefficient (Wildman–Crippen LogP) is 1.86. The predicted molar refractivity (Wildman–Crippen MR) is 57.3 cm³/mol. The van der Waals surface area contributed by atoms with Gasteiger partial charge in [0, 0.05) is 19.3 Å². The molecule has 4 nitrogen and oxygen atoms in total. The van der Waals surface area contributed by atoms with Crippen LogP contribution >= 0.6 is 0 Å². The van der Waals surface area contributed by atoms with Crippen LogP contribution in [0.25, 0.3) is 0 Å². The van der Waals surface area contributed by atoms with E-state index in [0.717, 1.165) is 12.1 Å². The number of carbonyl (C=O) groups excluding carboxylic acids is 1. The molecule has 0 atom stereocenters. The fourth-order valence-electron chi connectivity index (χ4n) is 1.36. The van der Waals surface area contributed by atoms with E-state index in [1.807, 2.05) is 13.8 Å². The van der Waals surface area contributed by atoms with Crippen molar-refractivity contribution in [2.24, 2.45) is 4.99 Å². The molecule has 0 aliphatic carbocycles. The average molecular weight is 217 g/mol. The lowest BCUT2D eigenvalue weighted by Crippen LogP contribution is -2.42. The van der Waals surface area contributed by atoms with Gasteiger partial charge < -0.3 is 8.85 Å². The van der Waals surface area contributed by atoms with E-state index in [4.69, 9.17) is 8.85 Å². The molecule has 0 spiro atoms. The van der Waals surface area contributed by atoms with Gasteiger partial charge >= 0.3 is 8.56 Å². The smallest absolute Gasteiger partial charge is 0.339 e. The second-order valence-corrected chi connectivity index (χ2v) is 6.46. The molecule has 0 saturated heterocycles. The number of hydrogen-bond donors (Lipinski definition) is 0. The summed E-state index contributed by atoms with van der Waals surface area (Å²) in [6.07, 6.45) is 1.53. The Morgan fingerprint density at radius 1 is 1.21 bits per heavy atom. The summed E-state index contributed by atoms with van der Waals surface area (Å²) in [5, 5.41) is 0. The highest BCUT2D eigenvalue weighted by molar-refractivity contribution is 6.67. The molecule has 0 radical (unpaired) electrons. The Labute approximate surface area is 86.6 Å². The van der Waals surface area contributed by atoms with Gasteiger partial charge in [0.15, 0.2) is 0 Å². The first-order valence-electron chi connectivity index (χ1n) is 5.06. The first-order chi connectivity index (χ1) is 6.74. The van der Waals surface area contributed by atoms with Crippen molar-refractivity contribution in [1.82, 2.24) is 0 Å². The highest BCUT2D eigenvalue weighted by Gasteiger charge is 2.34. The Morgan fingerprint density at radius 3 is 2.14 bits per heavy atom. The van der Waals surface area contributed by atoms with Gasteiger partial charge in [0.2, 0.25) is 6.08 Å². The Morgan fingerprint density at radius 2 is 1.79 bits per heavy atom. The maximum Gasteiger partial charge on any atom is 0.339 e. The molecule has 0 amide bonds. The van der Waals surface area contributed by atoms with Crippen molar-refractivity contribution in [3.63, 3.8) is 0 Å². The Balaban J connectivity index is 4.23. The summed E-state index contributed by atoms with van der Waals surface area (Å²) >= 11 is 0. The molecule has 0 heterocycles. The van der Waals surface area contributed by atoms with Crippen LogP contribution in [0.15, 0.2) is 4.99 Å². The topological polar surface area (TPSA) is 47.9 Å². The fraction of sp³-hybridized carbons (Fsp3) is 0.889. The normalized spacial score (nSPS) is 11.1. The van der Waals surface area contributed by atoms with E-state index >= 15 is 0 Å². The summed E-state index contributed by atoms with van der Waals surface area (Å²) in [4.78, 5) is 13.5. The van der Waals surface area contributed by atoms with Crippen LogP contribution < -0.4 is 0 Å². The van der Waals surface area contributed by atoms with Crippen molar-refractivity contribution < 1.29 is 13.6 Å². The number of hydrogen-bond acceptors (Lipinski definition) is 4. The van der Waals surface area contributed by atoms with Gasteiger partial charge in [0.25, 0.3) is 0 Å². The van der Waals surface area contributed by atoms with Gasteiger partial charge in [0.05, 0.1) is 6.54 Å². The number of rotatable bonds is 8. The molecule has 14 heavy (non-hydrogen) atoms. The van der Waals surface area contributed by atoms with Crippen LogP contribution in [-0.2, 0) is 13.6 Å². The molecule has 0 aliphatic rings. The SMILES string of the molecule is CCO[Si](CC)(CCN=C=O)OCC. The third-order valence-corrected chi connectivity index (χ3v) is 5.71. The van der Waals surface area contributed by atoms with Crippen LogP contribution in [0.1, 0.15) is 20.8 Å². The zero-order valence-corrected chi connectivity index (χ0v) is 10.2. The van der Waals surface area contributed by atoms with E-state index < -0.39 is 8.56 Å². The minimum absolute atomic E-state index is 0.462. The molecule has 0 aromatic heterocycles. The van der Waals surface area contributed by atoms with E-state index in [2.05, 4.69) is 11.9 Å². The van der Waals surface area contributed by atoms with E-state index in [0.29, 0.717) is 19.8 Å². The largest absolute Gasteiger partial charge is 0.394 e. The Hall–Kier alpha value is -0.483. The van der Waals surface area contributed by atoms with Crippen molar-refractivity contribution in [2.45, 2.75) is 32.9 Å². The highest BCUT2D eigenvalue weighted by Crippen LogP contribution is 2.18. The Bertz CT molecular complexity index is 186. The zero-order chi connectivity index (χ0) is 10.9.